The highest BCUT2D eigenvalue weighted by molar-refractivity contribution is 5.91. The van der Waals surface area contributed by atoms with Gasteiger partial charge in [-0.05, 0) is 83.8 Å². The second kappa shape index (κ2) is 10.8. The number of anilines is 3. The molecule has 0 aliphatic heterocycles. The molecular formula is C34H29NO. The molecule has 0 atom stereocenters. The number of ether oxygens (including phenoxy) is 1. The molecule has 0 N–H and O–H groups in total. The van der Waals surface area contributed by atoms with Crippen LogP contribution in [-0.4, -0.2) is 7.11 Å². The molecule has 0 aliphatic carbocycles. The summed E-state index contributed by atoms with van der Waals surface area (Å²) < 4.78 is 5.37. The van der Waals surface area contributed by atoms with Crippen molar-refractivity contribution in [2.24, 2.45) is 0 Å². The predicted molar refractivity (Wildman–Crippen MR) is 152 cm³/mol. The summed E-state index contributed by atoms with van der Waals surface area (Å²) >= 11 is 0. The molecule has 5 aromatic carbocycles. The second-order valence-electron chi connectivity index (χ2n) is 8.75. The van der Waals surface area contributed by atoms with Gasteiger partial charge >= 0.3 is 0 Å². The fourth-order valence-corrected chi connectivity index (χ4v) is 4.33. The summed E-state index contributed by atoms with van der Waals surface area (Å²) in [6, 6.07) is 46.6. The third-order valence-corrected chi connectivity index (χ3v) is 6.25. The zero-order valence-electron chi connectivity index (χ0n) is 20.6. The number of rotatable bonds is 7. The monoisotopic (exact) mass is 467 g/mol. The van der Waals surface area contributed by atoms with Crippen LogP contribution in [0.4, 0.5) is 17.1 Å². The van der Waals surface area contributed by atoms with Gasteiger partial charge in [-0.3, -0.25) is 0 Å². The van der Waals surface area contributed by atoms with Crippen molar-refractivity contribution in [2.45, 2.75) is 6.92 Å². The summed E-state index contributed by atoms with van der Waals surface area (Å²) in [5, 5.41) is 0. The molecule has 0 heterocycles. The summed E-state index contributed by atoms with van der Waals surface area (Å²) in [6.45, 7) is 2.12. The first-order valence-electron chi connectivity index (χ1n) is 12.1. The Morgan fingerprint density at radius 2 is 1.06 bits per heavy atom. The van der Waals surface area contributed by atoms with E-state index in [0.29, 0.717) is 0 Å². The lowest BCUT2D eigenvalue weighted by Gasteiger charge is -2.25. The lowest BCUT2D eigenvalue weighted by molar-refractivity contribution is 0.415. The van der Waals surface area contributed by atoms with Gasteiger partial charge < -0.3 is 9.64 Å². The number of hydrogen-bond acceptors (Lipinski definition) is 2. The van der Waals surface area contributed by atoms with E-state index in [9.17, 15) is 0 Å². The number of benzene rings is 5. The summed E-state index contributed by atoms with van der Waals surface area (Å²) in [7, 11) is 1.69. The Labute approximate surface area is 213 Å². The number of nitrogens with zero attached hydrogens (tertiary/aromatic N) is 1. The van der Waals surface area contributed by atoms with Gasteiger partial charge in [0.1, 0.15) is 5.75 Å². The fourth-order valence-electron chi connectivity index (χ4n) is 4.33. The lowest BCUT2D eigenvalue weighted by Crippen LogP contribution is -2.09. The van der Waals surface area contributed by atoms with Crippen LogP contribution in [-0.2, 0) is 0 Å². The minimum absolute atomic E-state index is 0.844. The molecule has 5 rings (SSSR count). The van der Waals surface area contributed by atoms with E-state index < -0.39 is 0 Å². The molecule has 176 valence electrons. The van der Waals surface area contributed by atoms with Gasteiger partial charge in [0.15, 0.2) is 0 Å². The van der Waals surface area contributed by atoms with Crippen molar-refractivity contribution in [3.05, 3.63) is 156 Å². The van der Waals surface area contributed by atoms with E-state index in [-0.39, 0.29) is 0 Å². The molecule has 2 nitrogen and oxygen atoms in total. The molecule has 0 fully saturated rings. The van der Waals surface area contributed by atoms with Crippen molar-refractivity contribution < 1.29 is 4.74 Å². The number of para-hydroxylation sites is 1. The zero-order chi connectivity index (χ0) is 24.7. The van der Waals surface area contributed by atoms with Gasteiger partial charge in [0.25, 0.3) is 0 Å². The second-order valence-corrected chi connectivity index (χ2v) is 8.75. The highest BCUT2D eigenvalue weighted by Crippen LogP contribution is 2.35. The smallest absolute Gasteiger partial charge is 0.119 e. The maximum atomic E-state index is 5.37. The van der Waals surface area contributed by atoms with Crippen molar-refractivity contribution in [3.8, 4) is 5.75 Å². The van der Waals surface area contributed by atoms with Crippen LogP contribution in [0, 0.1) is 6.92 Å². The van der Waals surface area contributed by atoms with Gasteiger partial charge in [0, 0.05) is 17.1 Å². The quantitative estimate of drug-likeness (QED) is 0.221. The highest BCUT2D eigenvalue weighted by atomic mass is 16.5. The molecular weight excluding hydrogens is 438 g/mol. The Hall–Kier alpha value is -4.56. The van der Waals surface area contributed by atoms with E-state index in [1.54, 1.807) is 7.11 Å². The summed E-state index contributed by atoms with van der Waals surface area (Å²) in [5.41, 5.74) is 9.31. The van der Waals surface area contributed by atoms with Gasteiger partial charge in [0.2, 0.25) is 0 Å². The van der Waals surface area contributed by atoms with E-state index in [0.717, 1.165) is 28.4 Å². The first kappa shape index (κ1) is 23.2. The molecule has 0 spiro atoms. The van der Waals surface area contributed by atoms with E-state index in [4.69, 9.17) is 4.74 Å². The fraction of sp³-hybridized carbons (Fsp3) is 0.0588. The van der Waals surface area contributed by atoms with Crippen molar-refractivity contribution in [1.82, 2.24) is 0 Å². The third-order valence-electron chi connectivity index (χ3n) is 6.25. The molecule has 0 aromatic heterocycles. The van der Waals surface area contributed by atoms with Gasteiger partial charge in [-0.15, -0.1) is 0 Å². The van der Waals surface area contributed by atoms with Crippen LogP contribution in [0.2, 0.25) is 0 Å². The number of methoxy groups -OCH3 is 1. The van der Waals surface area contributed by atoms with E-state index in [1.807, 2.05) is 18.2 Å². The maximum Gasteiger partial charge on any atom is 0.119 e. The largest absolute Gasteiger partial charge is 0.497 e. The summed E-state index contributed by atoms with van der Waals surface area (Å²) in [6.07, 6.45) is 2.27. The molecule has 0 saturated carbocycles. The first-order chi connectivity index (χ1) is 17.7. The molecule has 0 saturated heterocycles. The lowest BCUT2D eigenvalue weighted by atomic mass is 9.95. The normalized spacial score (nSPS) is 11.2. The van der Waals surface area contributed by atoms with Crippen LogP contribution >= 0.6 is 0 Å². The molecule has 0 bridgehead atoms. The highest BCUT2D eigenvalue weighted by Gasteiger charge is 2.12. The first-order valence-corrected chi connectivity index (χ1v) is 12.1. The molecule has 0 amide bonds. The molecule has 0 radical (unpaired) electrons. The SMILES string of the molecule is COc1ccc(N(c2ccccc2)c2ccc(/C=C(\c3ccccc3)c3ccc(C)cc3)cc2)cc1. The third kappa shape index (κ3) is 5.24. The van der Waals surface area contributed by atoms with Crippen molar-refractivity contribution >= 4 is 28.7 Å². The van der Waals surface area contributed by atoms with E-state index in [1.165, 1.54) is 22.3 Å². The van der Waals surface area contributed by atoms with Crippen LogP contribution in [0.15, 0.2) is 133 Å². The minimum atomic E-state index is 0.844. The van der Waals surface area contributed by atoms with Crippen molar-refractivity contribution in [1.29, 1.82) is 0 Å². The van der Waals surface area contributed by atoms with E-state index in [2.05, 4.69) is 133 Å². The van der Waals surface area contributed by atoms with Crippen LogP contribution < -0.4 is 9.64 Å². The topological polar surface area (TPSA) is 12.5 Å². The van der Waals surface area contributed by atoms with Crippen LogP contribution in [0.3, 0.4) is 0 Å². The molecule has 2 heteroatoms. The standard InChI is InChI=1S/C34H29NO/c1-26-13-17-29(18-14-26)34(28-9-5-3-6-10-28)25-27-15-19-31(20-16-27)35(30-11-7-4-8-12-30)32-21-23-33(36-2)24-22-32/h3-25H,1-2H3/b34-25+. The minimum Gasteiger partial charge on any atom is -0.497 e. The van der Waals surface area contributed by atoms with Gasteiger partial charge in [-0.1, -0.05) is 90.5 Å². The molecule has 0 unspecified atom stereocenters. The maximum absolute atomic E-state index is 5.37. The van der Waals surface area contributed by atoms with Gasteiger partial charge in [-0.2, -0.15) is 0 Å². The van der Waals surface area contributed by atoms with Crippen LogP contribution in [0.25, 0.3) is 11.6 Å². The Balaban J connectivity index is 1.54. The molecule has 36 heavy (non-hydrogen) atoms. The van der Waals surface area contributed by atoms with Gasteiger partial charge in [-0.25, -0.2) is 0 Å². The molecule has 0 aliphatic rings. The van der Waals surface area contributed by atoms with Crippen LogP contribution in [0.1, 0.15) is 22.3 Å². The van der Waals surface area contributed by atoms with E-state index >= 15 is 0 Å². The average Bonchev–Trinajstić information content (AvgIpc) is 2.95. The summed E-state index contributed by atoms with van der Waals surface area (Å²) in [4.78, 5) is 2.25. The van der Waals surface area contributed by atoms with Crippen molar-refractivity contribution in [3.63, 3.8) is 0 Å². The zero-order valence-corrected chi connectivity index (χ0v) is 20.6. The Morgan fingerprint density at radius 1 is 0.556 bits per heavy atom. The summed E-state index contributed by atoms with van der Waals surface area (Å²) in [5.74, 6) is 0.844. The number of aryl methyl sites for hydroxylation is 1. The Kier molecular flexibility index (Phi) is 6.95. The Bertz CT molecular complexity index is 1420. The Morgan fingerprint density at radius 3 is 1.64 bits per heavy atom. The molecule has 5 aromatic rings. The average molecular weight is 468 g/mol. The van der Waals surface area contributed by atoms with Crippen LogP contribution in [0.5, 0.6) is 5.75 Å². The van der Waals surface area contributed by atoms with Crippen molar-refractivity contribution in [2.75, 3.05) is 12.0 Å². The number of hydrogen-bond donors (Lipinski definition) is 0. The predicted octanol–water partition coefficient (Wildman–Crippen LogP) is 9.06. The van der Waals surface area contributed by atoms with Gasteiger partial charge in [0.05, 0.1) is 7.11 Å².